The molecule has 0 saturated carbocycles. The second-order valence-corrected chi connectivity index (χ2v) is 13.8. The molecule has 0 N–H and O–H groups in total. The van der Waals surface area contributed by atoms with E-state index in [1.165, 1.54) is 18.2 Å². The maximum atomic E-state index is 12.1. The Balaban J connectivity index is 2.43. The molecule has 3 nitrogen and oxygen atoms in total. The molecule has 0 radical (unpaired) electrons. The Labute approximate surface area is 165 Å². The van der Waals surface area contributed by atoms with E-state index in [1.807, 2.05) is 0 Å². The highest BCUT2D eigenvalue weighted by molar-refractivity contribution is 6.74. The van der Waals surface area contributed by atoms with Gasteiger partial charge in [0.1, 0.15) is 0 Å². The second kappa shape index (κ2) is 8.05. The average molecular weight is 387 g/mol. The van der Waals surface area contributed by atoms with E-state index in [4.69, 9.17) is 9.16 Å². The Kier molecular flexibility index (Phi) is 6.41. The fraction of sp³-hybridized carbons (Fsp3) is 0.522. The van der Waals surface area contributed by atoms with E-state index >= 15 is 0 Å². The Morgan fingerprint density at radius 3 is 2.30 bits per heavy atom. The lowest BCUT2D eigenvalue weighted by molar-refractivity contribution is -0.135. The first-order chi connectivity index (χ1) is 12.5. The highest BCUT2D eigenvalue weighted by Crippen LogP contribution is 2.43. The zero-order chi connectivity index (χ0) is 20.4. The standard InChI is InChI=1S/C23H34O3Si/c1-16-13-14-19(20-12-10-9-11-18(16)20)17(2)21(15-22(24)25-6)26-27(7,8)23(3,4)5/h9-17,19H,1-8H3/b21-15-/t16-,17+,19+/m1/s1. The first-order valence-corrected chi connectivity index (χ1v) is 12.6. The van der Waals surface area contributed by atoms with Gasteiger partial charge in [0.2, 0.25) is 8.32 Å². The van der Waals surface area contributed by atoms with Crippen molar-refractivity contribution in [3.05, 3.63) is 59.4 Å². The number of benzene rings is 1. The van der Waals surface area contributed by atoms with Crippen molar-refractivity contribution in [2.24, 2.45) is 5.92 Å². The molecule has 0 aromatic heterocycles. The minimum absolute atomic E-state index is 0.0446. The van der Waals surface area contributed by atoms with Gasteiger partial charge in [0.05, 0.1) is 18.9 Å². The van der Waals surface area contributed by atoms with Gasteiger partial charge in [0.15, 0.2) is 0 Å². The number of hydrogen-bond donors (Lipinski definition) is 0. The number of methoxy groups -OCH3 is 1. The van der Waals surface area contributed by atoms with Gasteiger partial charge in [0.25, 0.3) is 0 Å². The lowest BCUT2D eigenvalue weighted by Crippen LogP contribution is -2.41. The van der Waals surface area contributed by atoms with Crippen LogP contribution in [0.3, 0.4) is 0 Å². The maximum absolute atomic E-state index is 12.1. The quantitative estimate of drug-likeness (QED) is 0.200. The Hall–Kier alpha value is -1.81. The first-order valence-electron chi connectivity index (χ1n) is 9.73. The molecule has 1 aliphatic rings. The van der Waals surface area contributed by atoms with Gasteiger partial charge in [-0.1, -0.05) is 71.0 Å². The summed E-state index contributed by atoms with van der Waals surface area (Å²) in [5.41, 5.74) is 2.66. The normalized spacial score (nSPS) is 21.4. The van der Waals surface area contributed by atoms with Crippen LogP contribution in [0.4, 0.5) is 0 Å². The molecule has 0 fully saturated rings. The Morgan fingerprint density at radius 2 is 1.74 bits per heavy atom. The van der Waals surface area contributed by atoms with Crippen LogP contribution in [0.2, 0.25) is 18.1 Å². The summed E-state index contributed by atoms with van der Waals surface area (Å²) in [5.74, 6) is 0.990. The summed E-state index contributed by atoms with van der Waals surface area (Å²) in [5, 5.41) is 0.0523. The van der Waals surface area contributed by atoms with Crippen LogP contribution in [-0.2, 0) is 14.0 Å². The predicted molar refractivity (Wildman–Crippen MR) is 114 cm³/mol. The largest absolute Gasteiger partial charge is 0.546 e. The molecule has 0 heterocycles. The molecule has 27 heavy (non-hydrogen) atoms. The van der Waals surface area contributed by atoms with Crippen LogP contribution in [0.1, 0.15) is 57.6 Å². The van der Waals surface area contributed by atoms with E-state index in [0.29, 0.717) is 5.92 Å². The highest BCUT2D eigenvalue weighted by atomic mass is 28.4. The van der Waals surface area contributed by atoms with Gasteiger partial charge in [-0.15, -0.1) is 0 Å². The molecular weight excluding hydrogens is 352 g/mol. The van der Waals surface area contributed by atoms with Crippen molar-refractivity contribution in [1.29, 1.82) is 0 Å². The zero-order valence-electron chi connectivity index (χ0n) is 18.0. The topological polar surface area (TPSA) is 35.5 Å². The second-order valence-electron chi connectivity index (χ2n) is 9.05. The Morgan fingerprint density at radius 1 is 1.15 bits per heavy atom. The molecule has 4 heteroatoms. The number of hydrogen-bond acceptors (Lipinski definition) is 3. The highest BCUT2D eigenvalue weighted by Gasteiger charge is 2.41. The smallest absolute Gasteiger partial charge is 0.333 e. The molecular formula is C23H34O3Si. The third-order valence-corrected chi connectivity index (χ3v) is 10.4. The molecule has 148 valence electrons. The van der Waals surface area contributed by atoms with Gasteiger partial charge in [-0.05, 0) is 35.2 Å². The number of fused-ring (bicyclic) bond motifs is 1. The molecule has 0 spiro atoms. The van der Waals surface area contributed by atoms with Gasteiger partial charge < -0.3 is 9.16 Å². The summed E-state index contributed by atoms with van der Waals surface area (Å²) >= 11 is 0. The molecule has 0 aliphatic heterocycles. The summed E-state index contributed by atoms with van der Waals surface area (Å²) in [6.07, 6.45) is 6.06. The van der Waals surface area contributed by atoms with Crippen molar-refractivity contribution in [2.75, 3.05) is 7.11 Å². The lowest BCUT2D eigenvalue weighted by atomic mass is 9.76. The molecule has 1 aliphatic carbocycles. The monoisotopic (exact) mass is 386 g/mol. The summed E-state index contributed by atoms with van der Waals surface area (Å²) in [6, 6.07) is 8.57. The molecule has 0 saturated heterocycles. The van der Waals surface area contributed by atoms with Crippen molar-refractivity contribution in [2.45, 2.75) is 64.6 Å². The molecule has 3 atom stereocenters. The molecule has 1 aromatic carbocycles. The zero-order valence-corrected chi connectivity index (χ0v) is 19.0. The summed E-state index contributed by atoms with van der Waals surface area (Å²) in [7, 11) is -0.671. The van der Waals surface area contributed by atoms with Crippen molar-refractivity contribution < 1.29 is 14.0 Å². The fourth-order valence-electron chi connectivity index (χ4n) is 3.21. The number of carbonyl (C=O) groups is 1. The van der Waals surface area contributed by atoms with Crippen molar-refractivity contribution in [3.8, 4) is 0 Å². The first kappa shape index (κ1) is 21.5. The van der Waals surface area contributed by atoms with Crippen LogP contribution in [0.25, 0.3) is 0 Å². The lowest BCUT2D eigenvalue weighted by Gasteiger charge is -2.40. The number of allylic oxidation sites excluding steroid dienone is 3. The molecule has 0 amide bonds. The predicted octanol–water partition coefficient (Wildman–Crippen LogP) is 6.16. The van der Waals surface area contributed by atoms with Gasteiger partial charge in [-0.25, -0.2) is 4.79 Å². The van der Waals surface area contributed by atoms with E-state index in [2.05, 4.69) is 84.1 Å². The Bertz CT molecular complexity index is 740. The van der Waals surface area contributed by atoms with E-state index in [1.54, 1.807) is 6.08 Å². The third kappa shape index (κ3) is 4.73. The number of esters is 1. The molecule has 0 bridgehead atoms. The van der Waals surface area contributed by atoms with Crippen LogP contribution >= 0.6 is 0 Å². The van der Waals surface area contributed by atoms with E-state index in [9.17, 15) is 4.79 Å². The maximum Gasteiger partial charge on any atom is 0.333 e. The van der Waals surface area contributed by atoms with E-state index in [-0.39, 0.29) is 22.8 Å². The average Bonchev–Trinajstić information content (AvgIpc) is 2.60. The SMILES string of the molecule is COC(=O)/C=C(\O[Si](C)(C)C(C)(C)C)[C@@H](C)[C@@H]1C=C[C@@H](C)c2ccccc21. The van der Waals surface area contributed by atoms with Gasteiger partial charge >= 0.3 is 5.97 Å². The van der Waals surface area contributed by atoms with Gasteiger partial charge in [0, 0.05) is 11.8 Å². The van der Waals surface area contributed by atoms with Crippen LogP contribution in [0.5, 0.6) is 0 Å². The van der Waals surface area contributed by atoms with Crippen molar-refractivity contribution in [3.63, 3.8) is 0 Å². The van der Waals surface area contributed by atoms with Crippen LogP contribution in [0.15, 0.2) is 48.3 Å². The summed E-state index contributed by atoms with van der Waals surface area (Å²) < 4.78 is 11.5. The molecule has 0 unspecified atom stereocenters. The number of ether oxygens (including phenoxy) is 1. The van der Waals surface area contributed by atoms with E-state index in [0.717, 1.165) is 5.76 Å². The van der Waals surface area contributed by atoms with Crippen LogP contribution in [0, 0.1) is 5.92 Å². The fourth-order valence-corrected chi connectivity index (χ4v) is 4.35. The molecule has 1 aromatic rings. The molecule has 2 rings (SSSR count). The summed E-state index contributed by atoms with van der Waals surface area (Å²) in [6.45, 7) is 15.4. The van der Waals surface area contributed by atoms with Gasteiger partial charge in [-0.2, -0.15) is 0 Å². The van der Waals surface area contributed by atoms with Crippen molar-refractivity contribution >= 4 is 14.3 Å². The van der Waals surface area contributed by atoms with Crippen LogP contribution < -0.4 is 0 Å². The van der Waals surface area contributed by atoms with E-state index < -0.39 is 8.32 Å². The number of rotatable bonds is 5. The minimum atomic E-state index is -2.08. The summed E-state index contributed by atoms with van der Waals surface area (Å²) in [4.78, 5) is 12.1. The minimum Gasteiger partial charge on any atom is -0.546 e. The number of carbonyl (C=O) groups excluding carboxylic acids is 1. The third-order valence-electron chi connectivity index (χ3n) is 6.08. The van der Waals surface area contributed by atoms with Gasteiger partial charge in [-0.3, -0.25) is 0 Å². The van der Waals surface area contributed by atoms with Crippen LogP contribution in [-0.4, -0.2) is 21.4 Å². The van der Waals surface area contributed by atoms with Crippen molar-refractivity contribution in [1.82, 2.24) is 0 Å².